The van der Waals surface area contributed by atoms with Crippen LogP contribution >= 0.6 is 34.7 Å². The molecule has 0 radical (unpaired) electrons. The van der Waals surface area contributed by atoms with E-state index in [0.717, 1.165) is 59.9 Å². The van der Waals surface area contributed by atoms with Gasteiger partial charge in [-0.2, -0.15) is 12.2 Å². The molecule has 1 aliphatic heterocycles. The lowest BCUT2D eigenvalue weighted by Gasteiger charge is -2.24. The average Bonchev–Trinajstić information content (AvgIpc) is 3.48. The molecular formula is C21H22Cl2FN5O2S2. The molecule has 1 atom stereocenters. The lowest BCUT2D eigenvalue weighted by atomic mass is 10.1. The van der Waals surface area contributed by atoms with Crippen molar-refractivity contribution < 1.29 is 12.8 Å². The van der Waals surface area contributed by atoms with Crippen LogP contribution in [0.5, 0.6) is 0 Å². The molecule has 2 aromatic carbocycles. The van der Waals surface area contributed by atoms with E-state index in [0.29, 0.717) is 9.87 Å². The van der Waals surface area contributed by atoms with Gasteiger partial charge in [0.05, 0.1) is 27.6 Å². The van der Waals surface area contributed by atoms with Crippen molar-refractivity contribution in [1.29, 1.82) is 0 Å². The SMILES string of the molecule is CNC1CCN(c2cc(C)ccc2Nc2cc(F)c(S(=O)(=O)N(Cl)c3cscn3)cc2Cl)C1. The summed E-state index contributed by atoms with van der Waals surface area (Å²) < 4.78 is 41.1. The van der Waals surface area contributed by atoms with Gasteiger partial charge in [-0.25, -0.2) is 9.37 Å². The van der Waals surface area contributed by atoms with E-state index in [1.165, 1.54) is 10.9 Å². The molecule has 2 heterocycles. The maximum absolute atomic E-state index is 15.0. The maximum atomic E-state index is 15.0. The highest BCUT2D eigenvalue weighted by Gasteiger charge is 2.30. The quantitative estimate of drug-likeness (QED) is 0.413. The summed E-state index contributed by atoms with van der Waals surface area (Å²) in [5.74, 6) is -0.998. The smallest absolute Gasteiger partial charge is 0.282 e. The summed E-state index contributed by atoms with van der Waals surface area (Å²) in [4.78, 5) is 5.47. The Hall–Kier alpha value is -2.11. The molecule has 33 heavy (non-hydrogen) atoms. The first-order valence-corrected chi connectivity index (χ1v) is 13.2. The molecule has 1 unspecified atom stereocenters. The number of rotatable bonds is 7. The van der Waals surface area contributed by atoms with E-state index in [1.807, 2.05) is 26.1 Å². The van der Waals surface area contributed by atoms with Gasteiger partial charge in [0.25, 0.3) is 10.0 Å². The standard InChI is InChI=1S/C21H22Cl2FN5O2S2/c1-13-3-4-17(19(7-13)28-6-5-14(10-28)25-2)27-18-9-16(24)20(8-15(18)22)33(30,31)29(23)21-11-32-12-26-21/h3-4,7-9,11-12,14,25,27H,5-6,10H2,1-2H3. The second-order valence-corrected chi connectivity index (χ2v) is 11.1. The number of benzene rings is 2. The van der Waals surface area contributed by atoms with Crippen LogP contribution in [0, 0.1) is 12.7 Å². The van der Waals surface area contributed by atoms with Crippen molar-refractivity contribution >= 4 is 67.6 Å². The van der Waals surface area contributed by atoms with Crippen molar-refractivity contribution in [2.24, 2.45) is 0 Å². The monoisotopic (exact) mass is 529 g/mol. The molecule has 0 aliphatic carbocycles. The summed E-state index contributed by atoms with van der Waals surface area (Å²) in [6, 6.07) is 8.41. The van der Waals surface area contributed by atoms with Crippen LogP contribution in [0.2, 0.25) is 5.02 Å². The van der Waals surface area contributed by atoms with Crippen molar-refractivity contribution in [3.8, 4) is 0 Å². The number of nitrogens with one attached hydrogen (secondary N) is 2. The number of nitrogens with zero attached hydrogens (tertiary/aromatic N) is 3. The molecule has 1 aliphatic rings. The normalized spacial score (nSPS) is 16.3. The largest absolute Gasteiger partial charge is 0.368 e. The Balaban J connectivity index is 1.65. The van der Waals surface area contributed by atoms with Crippen LogP contribution in [-0.2, 0) is 10.0 Å². The van der Waals surface area contributed by atoms with Crippen molar-refractivity contribution in [3.63, 3.8) is 0 Å². The van der Waals surface area contributed by atoms with Crippen molar-refractivity contribution in [3.05, 3.63) is 57.6 Å². The highest BCUT2D eigenvalue weighted by atomic mass is 35.5. The van der Waals surface area contributed by atoms with Gasteiger partial charge in [0.15, 0.2) is 5.82 Å². The Morgan fingerprint density at radius 3 is 2.73 bits per heavy atom. The molecule has 12 heteroatoms. The van der Waals surface area contributed by atoms with Gasteiger partial charge in [-0.15, -0.1) is 11.3 Å². The fraction of sp³-hybridized carbons (Fsp3) is 0.286. The van der Waals surface area contributed by atoms with Crippen molar-refractivity contribution in [2.45, 2.75) is 24.3 Å². The van der Waals surface area contributed by atoms with Crippen LogP contribution in [0.15, 0.2) is 46.1 Å². The number of halogens is 3. The summed E-state index contributed by atoms with van der Waals surface area (Å²) in [5, 5.41) is 7.94. The van der Waals surface area contributed by atoms with Gasteiger partial charge in [-0.3, -0.25) is 0 Å². The van der Waals surface area contributed by atoms with E-state index in [9.17, 15) is 12.8 Å². The number of anilines is 4. The highest BCUT2D eigenvalue weighted by Crippen LogP contribution is 2.37. The van der Waals surface area contributed by atoms with Gasteiger partial charge in [-0.05, 0) is 44.2 Å². The third-order valence-corrected chi connectivity index (χ3v) is 8.55. The zero-order valence-corrected chi connectivity index (χ0v) is 21.0. The summed E-state index contributed by atoms with van der Waals surface area (Å²) in [6.45, 7) is 3.73. The third kappa shape index (κ3) is 4.90. The fourth-order valence-corrected chi connectivity index (χ4v) is 6.02. The van der Waals surface area contributed by atoms with Crippen LogP contribution in [0.4, 0.5) is 27.3 Å². The summed E-state index contributed by atoms with van der Waals surface area (Å²) in [7, 11) is -2.46. The van der Waals surface area contributed by atoms with E-state index in [4.69, 9.17) is 23.4 Å². The number of aryl methyl sites for hydroxylation is 1. The van der Waals surface area contributed by atoms with Gasteiger partial charge in [0, 0.05) is 42.4 Å². The summed E-state index contributed by atoms with van der Waals surface area (Å²) in [6.07, 6.45) is 1.01. The molecule has 7 nitrogen and oxygen atoms in total. The lowest BCUT2D eigenvalue weighted by Crippen LogP contribution is -2.29. The number of sulfonamides is 1. The van der Waals surface area contributed by atoms with Crippen molar-refractivity contribution in [2.75, 3.05) is 34.2 Å². The van der Waals surface area contributed by atoms with Gasteiger partial charge in [0.1, 0.15) is 10.7 Å². The highest BCUT2D eigenvalue weighted by molar-refractivity contribution is 7.94. The molecule has 4 rings (SSSR count). The molecule has 1 fully saturated rings. The van der Waals surface area contributed by atoms with Gasteiger partial charge in [0.2, 0.25) is 0 Å². The fourth-order valence-electron chi connectivity index (χ4n) is 3.69. The Labute approximate surface area is 206 Å². The van der Waals surface area contributed by atoms with E-state index in [2.05, 4.69) is 26.6 Å². The molecule has 0 saturated carbocycles. The van der Waals surface area contributed by atoms with Crippen LogP contribution in [0.1, 0.15) is 12.0 Å². The Kier molecular flexibility index (Phi) is 7.01. The molecule has 1 saturated heterocycles. The van der Waals surface area contributed by atoms with E-state index < -0.39 is 20.7 Å². The molecule has 0 spiro atoms. The van der Waals surface area contributed by atoms with Crippen LogP contribution in [0.25, 0.3) is 0 Å². The topological polar surface area (TPSA) is 77.6 Å². The Bertz CT molecular complexity index is 1260. The second kappa shape index (κ2) is 9.63. The van der Waals surface area contributed by atoms with Crippen LogP contribution in [-0.4, -0.2) is 39.6 Å². The molecule has 0 bridgehead atoms. The first-order chi connectivity index (χ1) is 15.7. The molecular weight excluding hydrogens is 508 g/mol. The number of hydrogen-bond acceptors (Lipinski definition) is 7. The average molecular weight is 530 g/mol. The third-order valence-electron chi connectivity index (χ3n) is 5.47. The molecule has 176 valence electrons. The van der Waals surface area contributed by atoms with Gasteiger partial charge in [-0.1, -0.05) is 17.7 Å². The zero-order chi connectivity index (χ0) is 23.8. The molecule has 3 aromatic rings. The molecule has 2 N–H and O–H groups in total. The predicted molar refractivity (Wildman–Crippen MR) is 133 cm³/mol. The Morgan fingerprint density at radius 1 is 1.27 bits per heavy atom. The first kappa shape index (κ1) is 24.0. The summed E-state index contributed by atoms with van der Waals surface area (Å²) in [5.41, 5.74) is 4.48. The van der Waals surface area contributed by atoms with Gasteiger partial charge < -0.3 is 15.5 Å². The summed E-state index contributed by atoms with van der Waals surface area (Å²) >= 11 is 13.5. The van der Waals surface area contributed by atoms with Gasteiger partial charge >= 0.3 is 0 Å². The van der Waals surface area contributed by atoms with Crippen LogP contribution in [0.3, 0.4) is 0 Å². The number of thiazole rings is 1. The zero-order valence-electron chi connectivity index (χ0n) is 17.8. The number of aromatic nitrogens is 1. The lowest BCUT2D eigenvalue weighted by molar-refractivity contribution is 0.568. The second-order valence-electron chi connectivity index (χ2n) is 7.69. The minimum absolute atomic E-state index is 0.0193. The molecule has 0 amide bonds. The van der Waals surface area contributed by atoms with E-state index in [-0.39, 0.29) is 16.5 Å². The van der Waals surface area contributed by atoms with E-state index >= 15 is 0 Å². The van der Waals surface area contributed by atoms with E-state index in [1.54, 1.807) is 0 Å². The minimum atomic E-state index is -4.40. The van der Waals surface area contributed by atoms with Crippen molar-refractivity contribution in [1.82, 2.24) is 10.3 Å². The number of likely N-dealkylation sites (N-methyl/N-ethyl adjacent to an activating group) is 1. The number of hydrogen-bond donors (Lipinski definition) is 2. The molecule has 1 aromatic heterocycles. The van der Waals surface area contributed by atoms with Crippen LogP contribution < -0.4 is 19.4 Å². The Morgan fingerprint density at radius 2 is 2.06 bits per heavy atom. The predicted octanol–water partition coefficient (Wildman–Crippen LogP) is 5.13. The first-order valence-electron chi connectivity index (χ1n) is 10.1. The maximum Gasteiger partial charge on any atom is 0.282 e. The minimum Gasteiger partial charge on any atom is -0.368 e.